The second-order valence-corrected chi connectivity index (χ2v) is 6.75. The Labute approximate surface area is 139 Å². The van der Waals surface area contributed by atoms with Crippen LogP contribution in [0.25, 0.3) is 0 Å². The summed E-state index contributed by atoms with van der Waals surface area (Å²) in [5.41, 5.74) is 1.12. The fourth-order valence-corrected chi connectivity index (χ4v) is 3.07. The van der Waals surface area contributed by atoms with Gasteiger partial charge in [0.2, 0.25) is 11.8 Å². The van der Waals surface area contributed by atoms with Crippen LogP contribution >= 0.6 is 0 Å². The first kappa shape index (κ1) is 17.5. The first-order chi connectivity index (χ1) is 10.9. The van der Waals surface area contributed by atoms with Crippen LogP contribution in [0.2, 0.25) is 0 Å². The van der Waals surface area contributed by atoms with Crippen LogP contribution in [0.5, 0.6) is 0 Å². The molecule has 4 nitrogen and oxygen atoms in total. The van der Waals surface area contributed by atoms with Crippen LogP contribution in [0.1, 0.15) is 46.1 Å². The third-order valence-electron chi connectivity index (χ3n) is 4.73. The highest BCUT2D eigenvalue weighted by Gasteiger charge is 2.38. The van der Waals surface area contributed by atoms with E-state index in [1.807, 2.05) is 54.0 Å². The van der Waals surface area contributed by atoms with Crippen molar-refractivity contribution in [3.8, 4) is 0 Å². The van der Waals surface area contributed by atoms with E-state index in [9.17, 15) is 9.59 Å². The summed E-state index contributed by atoms with van der Waals surface area (Å²) in [5, 5.41) is 0. The molecular weight excluding hydrogens is 288 g/mol. The van der Waals surface area contributed by atoms with Crippen LogP contribution in [0, 0.1) is 5.92 Å². The van der Waals surface area contributed by atoms with Crippen molar-refractivity contribution in [1.29, 1.82) is 0 Å². The van der Waals surface area contributed by atoms with E-state index in [4.69, 9.17) is 0 Å². The lowest BCUT2D eigenvalue weighted by molar-refractivity contribution is -0.138. The van der Waals surface area contributed by atoms with Crippen molar-refractivity contribution in [2.24, 2.45) is 5.92 Å². The third kappa shape index (κ3) is 4.12. The van der Waals surface area contributed by atoms with Crippen LogP contribution in [0.4, 0.5) is 0 Å². The Morgan fingerprint density at radius 1 is 1.26 bits per heavy atom. The van der Waals surface area contributed by atoms with Gasteiger partial charge in [0, 0.05) is 31.6 Å². The monoisotopic (exact) mass is 316 g/mol. The number of nitrogens with zero attached hydrogens (tertiary/aromatic N) is 2. The van der Waals surface area contributed by atoms with Gasteiger partial charge in [0.1, 0.15) is 0 Å². The number of carbonyl (C=O) groups excluding carboxylic acids is 2. The van der Waals surface area contributed by atoms with Gasteiger partial charge in [-0.05, 0) is 32.8 Å². The summed E-state index contributed by atoms with van der Waals surface area (Å²) in [6.07, 6.45) is 1.27. The molecular formula is C19H28N2O2. The average molecular weight is 316 g/mol. The fraction of sp³-hybridized carbons (Fsp3) is 0.579. The molecule has 1 saturated heterocycles. The van der Waals surface area contributed by atoms with Gasteiger partial charge in [-0.15, -0.1) is 0 Å². The molecule has 0 spiro atoms. The van der Waals surface area contributed by atoms with Crippen LogP contribution in [0.15, 0.2) is 30.3 Å². The van der Waals surface area contributed by atoms with Gasteiger partial charge >= 0.3 is 0 Å². The van der Waals surface area contributed by atoms with Crippen LogP contribution < -0.4 is 0 Å². The third-order valence-corrected chi connectivity index (χ3v) is 4.73. The van der Waals surface area contributed by atoms with Crippen molar-refractivity contribution in [2.75, 3.05) is 6.54 Å². The molecule has 126 valence electrons. The Bertz CT molecular complexity index is 542. The fourth-order valence-electron chi connectivity index (χ4n) is 3.07. The summed E-state index contributed by atoms with van der Waals surface area (Å²) in [6.45, 7) is 9.35. The Morgan fingerprint density at radius 3 is 2.48 bits per heavy atom. The SMILES string of the molecule is CCC(C)N1CC(C(=O)N(Cc2ccccc2)C(C)C)CC1=O. The number of likely N-dealkylation sites (tertiary alicyclic amines) is 1. The van der Waals surface area contributed by atoms with E-state index in [2.05, 4.69) is 13.8 Å². The Balaban J connectivity index is 2.08. The van der Waals surface area contributed by atoms with Crippen molar-refractivity contribution in [3.05, 3.63) is 35.9 Å². The second kappa shape index (κ2) is 7.62. The van der Waals surface area contributed by atoms with Gasteiger partial charge in [-0.25, -0.2) is 0 Å². The number of benzene rings is 1. The predicted octanol–water partition coefficient (Wildman–Crippen LogP) is 3.07. The molecule has 2 unspecified atom stereocenters. The molecule has 23 heavy (non-hydrogen) atoms. The van der Waals surface area contributed by atoms with Crippen LogP contribution in [-0.4, -0.2) is 40.2 Å². The summed E-state index contributed by atoms with van der Waals surface area (Å²) in [5.74, 6) is 0.00624. The molecule has 1 aromatic rings. The maximum Gasteiger partial charge on any atom is 0.228 e. The van der Waals surface area contributed by atoms with Gasteiger partial charge in [-0.1, -0.05) is 37.3 Å². The predicted molar refractivity (Wildman–Crippen MR) is 91.7 cm³/mol. The first-order valence-corrected chi connectivity index (χ1v) is 8.57. The van der Waals surface area contributed by atoms with Gasteiger partial charge in [0.05, 0.1) is 5.92 Å². The van der Waals surface area contributed by atoms with Gasteiger partial charge in [-0.2, -0.15) is 0 Å². The smallest absolute Gasteiger partial charge is 0.228 e. The molecule has 1 aliphatic heterocycles. The average Bonchev–Trinajstić information content (AvgIpc) is 2.94. The summed E-state index contributed by atoms with van der Waals surface area (Å²) in [7, 11) is 0. The number of rotatable bonds is 6. The second-order valence-electron chi connectivity index (χ2n) is 6.75. The van der Waals surface area contributed by atoms with Crippen molar-refractivity contribution in [3.63, 3.8) is 0 Å². The van der Waals surface area contributed by atoms with E-state index < -0.39 is 0 Å². The lowest BCUT2D eigenvalue weighted by Gasteiger charge is -2.30. The minimum atomic E-state index is -0.206. The molecule has 4 heteroatoms. The Kier molecular flexibility index (Phi) is 5.80. The minimum absolute atomic E-state index is 0.100. The lowest BCUT2D eigenvalue weighted by atomic mass is 10.0. The molecule has 2 rings (SSSR count). The highest BCUT2D eigenvalue weighted by molar-refractivity contribution is 5.89. The normalized spacial score (nSPS) is 19.3. The van der Waals surface area contributed by atoms with Gasteiger partial charge in [0.25, 0.3) is 0 Å². The van der Waals surface area contributed by atoms with Crippen molar-refractivity contribution < 1.29 is 9.59 Å². The summed E-state index contributed by atoms with van der Waals surface area (Å²) >= 11 is 0. The maximum atomic E-state index is 12.9. The molecule has 0 radical (unpaired) electrons. The van der Waals surface area contributed by atoms with Crippen molar-refractivity contribution in [2.45, 2.75) is 59.2 Å². The zero-order valence-corrected chi connectivity index (χ0v) is 14.7. The highest BCUT2D eigenvalue weighted by atomic mass is 16.2. The molecule has 0 N–H and O–H groups in total. The van der Waals surface area contributed by atoms with Gasteiger partial charge in [0.15, 0.2) is 0 Å². The zero-order chi connectivity index (χ0) is 17.0. The summed E-state index contributed by atoms with van der Waals surface area (Å²) in [4.78, 5) is 28.9. The first-order valence-electron chi connectivity index (χ1n) is 8.57. The number of carbonyl (C=O) groups is 2. The summed E-state index contributed by atoms with van der Waals surface area (Å²) < 4.78 is 0. The summed E-state index contributed by atoms with van der Waals surface area (Å²) in [6, 6.07) is 10.4. The lowest BCUT2D eigenvalue weighted by Crippen LogP contribution is -2.42. The van der Waals surface area contributed by atoms with E-state index in [0.717, 1.165) is 12.0 Å². The largest absolute Gasteiger partial charge is 0.339 e. The molecule has 1 fully saturated rings. The Hall–Kier alpha value is -1.84. The highest BCUT2D eigenvalue weighted by Crippen LogP contribution is 2.24. The van der Waals surface area contributed by atoms with Gasteiger partial charge in [-0.3, -0.25) is 9.59 Å². The topological polar surface area (TPSA) is 40.6 Å². The molecule has 0 bridgehead atoms. The molecule has 0 aromatic heterocycles. The number of hydrogen-bond donors (Lipinski definition) is 0. The molecule has 1 heterocycles. The van der Waals surface area contributed by atoms with E-state index in [1.54, 1.807) is 0 Å². The molecule has 1 aromatic carbocycles. The van der Waals surface area contributed by atoms with Crippen LogP contribution in [-0.2, 0) is 16.1 Å². The minimum Gasteiger partial charge on any atom is -0.339 e. The molecule has 2 amide bonds. The molecule has 0 saturated carbocycles. The number of hydrogen-bond acceptors (Lipinski definition) is 2. The zero-order valence-electron chi connectivity index (χ0n) is 14.7. The van der Waals surface area contributed by atoms with E-state index in [-0.39, 0.29) is 29.8 Å². The molecule has 1 aliphatic rings. The van der Waals surface area contributed by atoms with Crippen molar-refractivity contribution in [1.82, 2.24) is 9.80 Å². The standard InChI is InChI=1S/C19H28N2O2/c1-5-15(4)21-13-17(11-18(21)22)19(23)20(14(2)3)12-16-9-7-6-8-10-16/h6-10,14-15,17H,5,11-13H2,1-4H3. The quantitative estimate of drug-likeness (QED) is 0.809. The van der Waals surface area contributed by atoms with Crippen molar-refractivity contribution >= 4 is 11.8 Å². The van der Waals surface area contributed by atoms with Crippen LogP contribution in [0.3, 0.4) is 0 Å². The maximum absolute atomic E-state index is 12.9. The van der Waals surface area contributed by atoms with E-state index in [1.165, 1.54) is 0 Å². The Morgan fingerprint density at radius 2 is 1.91 bits per heavy atom. The van der Waals surface area contributed by atoms with E-state index in [0.29, 0.717) is 19.5 Å². The number of amides is 2. The van der Waals surface area contributed by atoms with E-state index >= 15 is 0 Å². The molecule has 0 aliphatic carbocycles. The van der Waals surface area contributed by atoms with Gasteiger partial charge < -0.3 is 9.80 Å². The molecule has 2 atom stereocenters.